The maximum Gasteiger partial charge on any atom is 0.282 e. The second kappa shape index (κ2) is 6.14. The van der Waals surface area contributed by atoms with Gasteiger partial charge in [0.15, 0.2) is 0 Å². The Labute approximate surface area is 140 Å². The van der Waals surface area contributed by atoms with E-state index in [0.717, 1.165) is 9.35 Å². The maximum atomic E-state index is 12.7. The van der Waals surface area contributed by atoms with Crippen LogP contribution in [0, 0.1) is 6.92 Å². The van der Waals surface area contributed by atoms with E-state index in [-0.39, 0.29) is 5.56 Å². The Morgan fingerprint density at radius 3 is 2.86 bits per heavy atom. The van der Waals surface area contributed by atoms with Crippen LogP contribution in [-0.2, 0) is 6.42 Å². The zero-order chi connectivity index (χ0) is 15.7. The van der Waals surface area contributed by atoms with Gasteiger partial charge in [0.2, 0.25) is 0 Å². The molecule has 0 aliphatic carbocycles. The smallest absolute Gasteiger partial charge is 0.267 e. The second-order valence-corrected chi connectivity index (χ2v) is 7.09. The molecule has 0 fully saturated rings. The van der Waals surface area contributed by atoms with Crippen LogP contribution < -0.4 is 5.56 Å². The van der Waals surface area contributed by atoms with Crippen LogP contribution in [0.15, 0.2) is 44.7 Å². The zero-order valence-corrected chi connectivity index (χ0v) is 14.6. The molecule has 0 aliphatic heterocycles. The number of rotatable bonds is 3. The number of aromatic nitrogens is 2. The summed E-state index contributed by atoms with van der Waals surface area (Å²) in [7, 11) is 0. The van der Waals surface area contributed by atoms with Gasteiger partial charge in [0.05, 0.1) is 17.1 Å². The van der Waals surface area contributed by atoms with Gasteiger partial charge in [-0.25, -0.2) is 4.98 Å². The number of benzene rings is 1. The number of aryl methyl sites for hydroxylation is 2. The number of hydrogen-bond acceptors (Lipinski definition) is 4. The van der Waals surface area contributed by atoms with E-state index in [9.17, 15) is 4.79 Å². The first-order valence-corrected chi connectivity index (χ1v) is 8.51. The molecule has 0 radical (unpaired) electrons. The minimum Gasteiger partial charge on any atom is -0.267 e. The Bertz CT molecular complexity index is 927. The number of hydrogen-bond donors (Lipinski definition) is 0. The highest BCUT2D eigenvalue weighted by Gasteiger charge is 2.09. The topological polar surface area (TPSA) is 47.2 Å². The largest absolute Gasteiger partial charge is 0.282 e. The van der Waals surface area contributed by atoms with Gasteiger partial charge in [0, 0.05) is 20.6 Å². The maximum absolute atomic E-state index is 12.7. The fourth-order valence-corrected chi connectivity index (χ4v) is 3.28. The van der Waals surface area contributed by atoms with Crippen LogP contribution >= 0.6 is 27.3 Å². The molecule has 22 heavy (non-hydrogen) atoms. The molecule has 2 aromatic heterocycles. The molecular weight excluding hydrogens is 362 g/mol. The van der Waals surface area contributed by atoms with Gasteiger partial charge in [0.1, 0.15) is 5.82 Å². The number of thiophene rings is 1. The van der Waals surface area contributed by atoms with Gasteiger partial charge >= 0.3 is 0 Å². The highest BCUT2D eigenvalue weighted by Crippen LogP contribution is 2.16. The standard InChI is InChI=1S/C16H14BrN3OS/c1-3-15-19-14-7-5-11(17)8-13(14)16(21)20(15)18-9-12-6-4-10(2)22-12/h4-9H,3H2,1-2H3. The second-order valence-electron chi connectivity index (χ2n) is 4.85. The third-order valence-corrected chi connectivity index (χ3v) is 4.68. The summed E-state index contributed by atoms with van der Waals surface area (Å²) in [6, 6.07) is 9.54. The Kier molecular flexibility index (Phi) is 4.22. The molecule has 0 spiro atoms. The van der Waals surface area contributed by atoms with E-state index in [1.165, 1.54) is 9.55 Å². The Balaban J connectivity index is 2.17. The minimum atomic E-state index is -0.146. The fraction of sp³-hybridized carbons (Fsp3) is 0.188. The van der Waals surface area contributed by atoms with Crippen molar-refractivity contribution in [2.24, 2.45) is 5.10 Å². The summed E-state index contributed by atoms with van der Waals surface area (Å²) in [5.74, 6) is 0.657. The molecule has 1 aromatic carbocycles. The average molecular weight is 376 g/mol. The Hall–Kier alpha value is -1.79. The van der Waals surface area contributed by atoms with Gasteiger partial charge in [-0.05, 0) is 37.3 Å². The van der Waals surface area contributed by atoms with E-state index >= 15 is 0 Å². The van der Waals surface area contributed by atoms with Crippen LogP contribution in [-0.4, -0.2) is 15.9 Å². The van der Waals surface area contributed by atoms with E-state index in [1.54, 1.807) is 23.6 Å². The van der Waals surface area contributed by atoms with Crippen LogP contribution in [0.25, 0.3) is 10.9 Å². The number of nitrogens with zero attached hydrogens (tertiary/aromatic N) is 3. The highest BCUT2D eigenvalue weighted by atomic mass is 79.9. The van der Waals surface area contributed by atoms with Crippen LogP contribution in [0.3, 0.4) is 0 Å². The first kappa shape index (κ1) is 15.1. The van der Waals surface area contributed by atoms with Gasteiger partial charge in [-0.2, -0.15) is 9.78 Å². The van der Waals surface area contributed by atoms with Gasteiger partial charge < -0.3 is 0 Å². The van der Waals surface area contributed by atoms with E-state index in [1.807, 2.05) is 38.1 Å². The van der Waals surface area contributed by atoms with Crippen LogP contribution in [0.5, 0.6) is 0 Å². The lowest BCUT2D eigenvalue weighted by Gasteiger charge is -2.07. The fourth-order valence-electron chi connectivity index (χ4n) is 2.18. The van der Waals surface area contributed by atoms with E-state index < -0.39 is 0 Å². The van der Waals surface area contributed by atoms with Crippen molar-refractivity contribution in [3.63, 3.8) is 0 Å². The summed E-state index contributed by atoms with van der Waals surface area (Å²) in [6.07, 6.45) is 2.35. The SMILES string of the molecule is CCc1nc2ccc(Br)cc2c(=O)n1N=Cc1ccc(C)s1. The summed E-state index contributed by atoms with van der Waals surface area (Å²) in [4.78, 5) is 19.5. The molecule has 0 amide bonds. The van der Waals surface area contributed by atoms with Crippen molar-refractivity contribution >= 4 is 44.4 Å². The van der Waals surface area contributed by atoms with Crippen molar-refractivity contribution in [1.29, 1.82) is 0 Å². The highest BCUT2D eigenvalue weighted by molar-refractivity contribution is 9.10. The van der Waals surface area contributed by atoms with E-state index in [0.29, 0.717) is 23.1 Å². The molecule has 0 unspecified atom stereocenters. The molecule has 6 heteroatoms. The summed E-state index contributed by atoms with van der Waals surface area (Å²) < 4.78 is 2.25. The quantitative estimate of drug-likeness (QED) is 0.650. The molecule has 3 aromatic rings. The first-order valence-electron chi connectivity index (χ1n) is 6.90. The molecule has 112 valence electrons. The van der Waals surface area contributed by atoms with Crippen LogP contribution in [0.2, 0.25) is 0 Å². The number of halogens is 1. The predicted molar refractivity (Wildman–Crippen MR) is 95.1 cm³/mol. The van der Waals surface area contributed by atoms with Crippen molar-refractivity contribution in [2.45, 2.75) is 20.3 Å². The summed E-state index contributed by atoms with van der Waals surface area (Å²) >= 11 is 5.03. The Morgan fingerprint density at radius 2 is 2.18 bits per heavy atom. The lowest BCUT2D eigenvalue weighted by molar-refractivity contribution is 0.735. The average Bonchev–Trinajstić information content (AvgIpc) is 2.92. The normalized spacial score (nSPS) is 11.6. The third-order valence-electron chi connectivity index (χ3n) is 3.25. The number of fused-ring (bicyclic) bond motifs is 1. The lowest BCUT2D eigenvalue weighted by Crippen LogP contribution is -2.22. The summed E-state index contributed by atoms with van der Waals surface area (Å²) in [5, 5.41) is 4.91. The molecule has 2 heterocycles. The molecule has 0 saturated heterocycles. The first-order chi connectivity index (χ1) is 10.6. The van der Waals surface area contributed by atoms with E-state index in [2.05, 4.69) is 26.0 Å². The van der Waals surface area contributed by atoms with Crippen LogP contribution in [0.4, 0.5) is 0 Å². The molecular formula is C16H14BrN3OS. The molecule has 3 rings (SSSR count). The van der Waals surface area contributed by atoms with E-state index in [4.69, 9.17) is 0 Å². The van der Waals surface area contributed by atoms with Crippen molar-refractivity contribution < 1.29 is 0 Å². The molecule has 0 atom stereocenters. The zero-order valence-electron chi connectivity index (χ0n) is 12.2. The Morgan fingerprint density at radius 1 is 1.36 bits per heavy atom. The lowest BCUT2D eigenvalue weighted by atomic mass is 10.2. The summed E-state index contributed by atoms with van der Waals surface area (Å²) in [5.41, 5.74) is 0.552. The van der Waals surface area contributed by atoms with Gasteiger partial charge in [-0.15, -0.1) is 11.3 Å². The van der Waals surface area contributed by atoms with Gasteiger partial charge in [-0.1, -0.05) is 22.9 Å². The van der Waals surface area contributed by atoms with Crippen molar-refractivity contribution in [3.05, 3.63) is 60.7 Å². The van der Waals surface area contributed by atoms with Crippen molar-refractivity contribution in [2.75, 3.05) is 0 Å². The van der Waals surface area contributed by atoms with Crippen molar-refractivity contribution in [3.8, 4) is 0 Å². The molecule has 4 nitrogen and oxygen atoms in total. The van der Waals surface area contributed by atoms with Gasteiger partial charge in [-0.3, -0.25) is 4.79 Å². The molecule has 0 N–H and O–H groups in total. The predicted octanol–water partition coefficient (Wildman–Crippen LogP) is 3.97. The third kappa shape index (κ3) is 2.89. The summed E-state index contributed by atoms with van der Waals surface area (Å²) in [6.45, 7) is 4.01. The minimum absolute atomic E-state index is 0.146. The van der Waals surface area contributed by atoms with Crippen molar-refractivity contribution in [1.82, 2.24) is 9.66 Å². The van der Waals surface area contributed by atoms with Crippen LogP contribution in [0.1, 0.15) is 22.5 Å². The monoisotopic (exact) mass is 375 g/mol. The molecule has 0 aliphatic rings. The molecule has 0 saturated carbocycles. The van der Waals surface area contributed by atoms with Gasteiger partial charge in [0.25, 0.3) is 5.56 Å². The molecule has 0 bridgehead atoms.